The molecule has 1 fully saturated rings. The van der Waals surface area contributed by atoms with Crippen molar-refractivity contribution in [1.29, 1.82) is 0 Å². The molecular weight excluding hydrogens is 407 g/mol. The van der Waals surface area contributed by atoms with Crippen LogP contribution in [0.4, 0.5) is 10.2 Å². The first-order valence-electron chi connectivity index (χ1n) is 9.62. The lowest BCUT2D eigenvalue weighted by atomic mass is 10.3. The summed E-state index contributed by atoms with van der Waals surface area (Å²) in [4.78, 5) is 14.5. The average molecular weight is 428 g/mol. The van der Waals surface area contributed by atoms with Crippen LogP contribution >= 0.6 is 0 Å². The molecule has 9 heteroatoms. The summed E-state index contributed by atoms with van der Waals surface area (Å²) in [6.07, 6.45) is 0.628. The van der Waals surface area contributed by atoms with Gasteiger partial charge in [-0.15, -0.1) is 5.10 Å². The van der Waals surface area contributed by atoms with Crippen molar-refractivity contribution in [2.75, 3.05) is 31.1 Å². The Balaban J connectivity index is 1.56. The maximum absolute atomic E-state index is 13.2. The average Bonchev–Trinajstić information content (AvgIpc) is 3.02. The summed E-state index contributed by atoms with van der Waals surface area (Å²) >= 11 is 0. The molecule has 0 unspecified atom stereocenters. The number of hydrogen-bond acceptors (Lipinski definition) is 5. The summed E-state index contributed by atoms with van der Waals surface area (Å²) in [5.41, 5.74) is 0.139. The van der Waals surface area contributed by atoms with Crippen LogP contribution in [0.5, 0.6) is 0 Å². The summed E-state index contributed by atoms with van der Waals surface area (Å²) in [6.45, 7) is 1.77. The molecule has 7 nitrogen and oxygen atoms in total. The van der Waals surface area contributed by atoms with Gasteiger partial charge in [-0.2, -0.15) is 8.99 Å². The Kier molecular flexibility index (Phi) is 5.65. The normalized spacial score (nSPS) is 15.7. The van der Waals surface area contributed by atoms with Gasteiger partial charge < -0.3 is 4.90 Å². The highest BCUT2D eigenvalue weighted by atomic mass is 32.2. The van der Waals surface area contributed by atoms with Crippen molar-refractivity contribution in [3.8, 4) is 5.69 Å². The Morgan fingerprint density at radius 2 is 1.57 bits per heavy atom. The number of nitrogens with zero attached hydrogens (tertiary/aromatic N) is 4. The van der Waals surface area contributed by atoms with Crippen LogP contribution in [-0.2, 0) is 10.0 Å². The molecule has 4 rings (SSSR count). The summed E-state index contributed by atoms with van der Waals surface area (Å²) in [7, 11) is -3.56. The highest BCUT2D eigenvalue weighted by Gasteiger charge is 2.27. The molecule has 1 aromatic heterocycles. The lowest BCUT2D eigenvalue weighted by molar-refractivity contribution is 0.433. The van der Waals surface area contributed by atoms with Gasteiger partial charge in [-0.1, -0.05) is 18.2 Å². The van der Waals surface area contributed by atoms with Crippen LogP contribution in [0.1, 0.15) is 6.42 Å². The minimum atomic E-state index is -3.56. The topological polar surface area (TPSA) is 75.5 Å². The van der Waals surface area contributed by atoms with E-state index >= 15 is 0 Å². The zero-order valence-corrected chi connectivity index (χ0v) is 17.0. The Bertz CT molecular complexity index is 1180. The van der Waals surface area contributed by atoms with E-state index in [1.54, 1.807) is 36.4 Å². The van der Waals surface area contributed by atoms with E-state index in [1.165, 1.54) is 39.3 Å². The monoisotopic (exact) mass is 428 g/mol. The van der Waals surface area contributed by atoms with Crippen LogP contribution < -0.4 is 10.5 Å². The summed E-state index contributed by atoms with van der Waals surface area (Å²) in [6, 6.07) is 17.0. The van der Waals surface area contributed by atoms with E-state index in [2.05, 4.69) is 5.10 Å². The Morgan fingerprint density at radius 1 is 0.833 bits per heavy atom. The first-order chi connectivity index (χ1) is 14.4. The van der Waals surface area contributed by atoms with Crippen molar-refractivity contribution in [2.45, 2.75) is 11.3 Å². The van der Waals surface area contributed by atoms with Gasteiger partial charge in [0.25, 0.3) is 5.56 Å². The van der Waals surface area contributed by atoms with E-state index in [-0.39, 0.29) is 10.5 Å². The van der Waals surface area contributed by atoms with Crippen LogP contribution in [0, 0.1) is 5.82 Å². The lowest BCUT2D eigenvalue weighted by Crippen LogP contribution is -2.36. The predicted molar refractivity (Wildman–Crippen MR) is 112 cm³/mol. The predicted octanol–water partition coefficient (Wildman–Crippen LogP) is 2.27. The molecular formula is C21H21FN4O3S. The van der Waals surface area contributed by atoms with E-state index in [4.69, 9.17) is 0 Å². The van der Waals surface area contributed by atoms with Gasteiger partial charge in [-0.05, 0) is 48.9 Å². The minimum Gasteiger partial charge on any atom is -0.354 e. The fraction of sp³-hybridized carbons (Fsp3) is 0.238. The van der Waals surface area contributed by atoms with Gasteiger partial charge in [-0.3, -0.25) is 4.79 Å². The standard InChI is InChI=1S/C21H21FN4O3S/c22-17-7-9-18(10-8-17)26-21(27)12-11-20(23-26)24-13-4-14-25(16-15-24)30(28,29)19-5-2-1-3-6-19/h1-3,5-12H,4,13-16H2. The van der Waals surface area contributed by atoms with Crippen molar-refractivity contribution in [1.82, 2.24) is 14.1 Å². The number of anilines is 1. The molecule has 1 aliphatic rings. The van der Waals surface area contributed by atoms with E-state index < -0.39 is 15.8 Å². The maximum Gasteiger partial charge on any atom is 0.271 e. The molecule has 0 radical (unpaired) electrons. The van der Waals surface area contributed by atoms with Gasteiger partial charge in [0.1, 0.15) is 11.6 Å². The van der Waals surface area contributed by atoms with E-state index in [0.29, 0.717) is 44.1 Å². The molecule has 1 aliphatic heterocycles. The van der Waals surface area contributed by atoms with Crippen LogP contribution in [0.25, 0.3) is 5.69 Å². The first kappa shape index (κ1) is 20.2. The van der Waals surface area contributed by atoms with Gasteiger partial charge >= 0.3 is 0 Å². The van der Waals surface area contributed by atoms with E-state index in [9.17, 15) is 17.6 Å². The maximum atomic E-state index is 13.2. The molecule has 0 spiro atoms. The van der Waals surface area contributed by atoms with Gasteiger partial charge in [0.15, 0.2) is 0 Å². The van der Waals surface area contributed by atoms with E-state index in [0.717, 1.165) is 0 Å². The summed E-state index contributed by atoms with van der Waals surface area (Å²) in [5, 5.41) is 4.42. The largest absolute Gasteiger partial charge is 0.354 e. The molecule has 0 N–H and O–H groups in total. The second kappa shape index (κ2) is 8.37. The number of sulfonamides is 1. The van der Waals surface area contributed by atoms with Crippen LogP contribution in [0.2, 0.25) is 0 Å². The SMILES string of the molecule is O=c1ccc(N2CCCN(S(=O)(=O)c3ccccc3)CC2)nn1-c1ccc(F)cc1. The van der Waals surface area contributed by atoms with Crippen molar-refractivity contribution >= 4 is 15.8 Å². The molecule has 0 amide bonds. The summed E-state index contributed by atoms with van der Waals surface area (Å²) in [5.74, 6) is 0.174. The van der Waals surface area contributed by atoms with Crippen LogP contribution in [0.3, 0.4) is 0 Å². The third-order valence-corrected chi connectivity index (χ3v) is 6.93. The fourth-order valence-electron chi connectivity index (χ4n) is 3.44. The molecule has 156 valence electrons. The van der Waals surface area contributed by atoms with Crippen molar-refractivity contribution < 1.29 is 12.8 Å². The number of rotatable bonds is 4. The van der Waals surface area contributed by atoms with Gasteiger partial charge in [-0.25, -0.2) is 12.8 Å². The van der Waals surface area contributed by atoms with Gasteiger partial charge in [0, 0.05) is 32.2 Å². The third-order valence-electron chi connectivity index (χ3n) is 5.02. The lowest BCUT2D eigenvalue weighted by Gasteiger charge is -2.23. The quantitative estimate of drug-likeness (QED) is 0.637. The van der Waals surface area contributed by atoms with Gasteiger partial charge in [0.2, 0.25) is 10.0 Å². The first-order valence-corrected chi connectivity index (χ1v) is 11.1. The Labute approximate surface area is 174 Å². The molecule has 0 atom stereocenters. The number of aromatic nitrogens is 2. The summed E-state index contributed by atoms with van der Waals surface area (Å²) < 4.78 is 41.7. The number of halogens is 1. The zero-order chi connectivity index (χ0) is 21.1. The molecule has 0 bridgehead atoms. The van der Waals surface area contributed by atoms with Crippen LogP contribution in [-0.4, -0.2) is 48.7 Å². The number of benzene rings is 2. The van der Waals surface area contributed by atoms with Crippen molar-refractivity contribution in [3.63, 3.8) is 0 Å². The zero-order valence-electron chi connectivity index (χ0n) is 16.2. The van der Waals surface area contributed by atoms with E-state index in [1.807, 2.05) is 4.90 Å². The highest BCUT2D eigenvalue weighted by molar-refractivity contribution is 7.89. The molecule has 2 aromatic carbocycles. The second-order valence-corrected chi connectivity index (χ2v) is 8.91. The van der Waals surface area contributed by atoms with Crippen LogP contribution in [0.15, 0.2) is 76.4 Å². The smallest absolute Gasteiger partial charge is 0.271 e. The highest BCUT2D eigenvalue weighted by Crippen LogP contribution is 2.19. The molecule has 0 aliphatic carbocycles. The van der Waals surface area contributed by atoms with Crippen molar-refractivity contribution in [2.24, 2.45) is 0 Å². The molecule has 0 saturated carbocycles. The molecule has 3 aromatic rings. The Hall–Kier alpha value is -3.04. The minimum absolute atomic E-state index is 0.279. The third kappa shape index (κ3) is 4.12. The Morgan fingerprint density at radius 3 is 2.30 bits per heavy atom. The number of hydrogen-bond donors (Lipinski definition) is 0. The van der Waals surface area contributed by atoms with Crippen molar-refractivity contribution in [3.05, 3.63) is 82.9 Å². The molecule has 2 heterocycles. The molecule has 1 saturated heterocycles. The second-order valence-electron chi connectivity index (χ2n) is 6.98. The fourth-order valence-corrected chi connectivity index (χ4v) is 4.93. The molecule has 30 heavy (non-hydrogen) atoms. The van der Waals surface area contributed by atoms with Gasteiger partial charge in [0.05, 0.1) is 10.6 Å².